The molecule has 4 heteroatoms. The molecule has 3 nitrogen and oxygen atoms in total. The lowest BCUT2D eigenvalue weighted by atomic mass is 10.1. The monoisotopic (exact) mass is 322 g/mol. The zero-order valence-electron chi connectivity index (χ0n) is 12.4. The van der Waals surface area contributed by atoms with Crippen molar-refractivity contribution in [1.29, 1.82) is 0 Å². The van der Waals surface area contributed by atoms with Crippen LogP contribution in [0, 0.1) is 0 Å². The molecule has 0 N–H and O–H groups in total. The maximum absolute atomic E-state index is 5.95. The molecule has 0 bridgehead atoms. The van der Waals surface area contributed by atoms with Gasteiger partial charge in [0.2, 0.25) is 0 Å². The molecule has 0 amide bonds. The van der Waals surface area contributed by atoms with Gasteiger partial charge in [-0.15, -0.1) is 0 Å². The molecule has 0 fully saturated rings. The molecule has 0 aliphatic heterocycles. The van der Waals surface area contributed by atoms with E-state index in [1.54, 1.807) is 6.26 Å². The number of hydrogen-bond acceptors (Lipinski definition) is 2. The second-order valence-corrected chi connectivity index (χ2v) is 5.87. The summed E-state index contributed by atoms with van der Waals surface area (Å²) in [6, 6.07) is 20.0. The first-order chi connectivity index (χ1) is 11.3. The molecular weight excluding hydrogens is 308 g/mol. The average molecular weight is 323 g/mol. The fourth-order valence-electron chi connectivity index (χ4n) is 2.79. The minimum absolute atomic E-state index is 0.762. The van der Waals surface area contributed by atoms with Gasteiger partial charge in [-0.05, 0) is 48.4 Å². The summed E-state index contributed by atoms with van der Waals surface area (Å²) in [7, 11) is 0. The van der Waals surface area contributed by atoms with Gasteiger partial charge in [0.1, 0.15) is 0 Å². The van der Waals surface area contributed by atoms with Crippen molar-refractivity contribution in [2.45, 2.75) is 13.0 Å². The Morgan fingerprint density at radius 3 is 2.57 bits per heavy atom. The molecule has 23 heavy (non-hydrogen) atoms. The first-order valence-corrected chi connectivity index (χ1v) is 7.93. The van der Waals surface area contributed by atoms with Crippen molar-refractivity contribution in [3.05, 3.63) is 77.5 Å². The van der Waals surface area contributed by atoms with Gasteiger partial charge in [0.05, 0.1) is 17.3 Å². The van der Waals surface area contributed by atoms with E-state index in [-0.39, 0.29) is 0 Å². The molecule has 0 atom stereocenters. The van der Waals surface area contributed by atoms with Crippen LogP contribution in [0.1, 0.15) is 5.56 Å². The summed E-state index contributed by atoms with van der Waals surface area (Å²) in [5.41, 5.74) is 3.35. The molecule has 4 rings (SSSR count). The summed E-state index contributed by atoms with van der Waals surface area (Å²) < 4.78 is 7.77. The first-order valence-electron chi connectivity index (χ1n) is 7.55. The van der Waals surface area contributed by atoms with Gasteiger partial charge >= 0.3 is 0 Å². The SMILES string of the molecule is Clc1ccc(CCn2c(-c3ccco3)nc3ccccc32)cc1. The van der Waals surface area contributed by atoms with E-state index in [1.807, 2.05) is 42.5 Å². The molecule has 2 heterocycles. The summed E-state index contributed by atoms with van der Waals surface area (Å²) in [5, 5.41) is 0.762. The second kappa shape index (κ2) is 5.94. The molecule has 2 aromatic carbocycles. The van der Waals surface area contributed by atoms with Crippen LogP contribution in [0.2, 0.25) is 5.02 Å². The smallest absolute Gasteiger partial charge is 0.177 e. The predicted octanol–water partition coefficient (Wildman–Crippen LogP) is 5.19. The fraction of sp³-hybridized carbons (Fsp3) is 0.105. The summed E-state index contributed by atoms with van der Waals surface area (Å²) >= 11 is 5.95. The van der Waals surface area contributed by atoms with Crippen LogP contribution in [-0.4, -0.2) is 9.55 Å². The Hall–Kier alpha value is -2.52. The number of furan rings is 1. The van der Waals surface area contributed by atoms with Crippen molar-refractivity contribution in [2.24, 2.45) is 0 Å². The van der Waals surface area contributed by atoms with E-state index in [2.05, 4.69) is 22.8 Å². The van der Waals surface area contributed by atoms with E-state index in [1.165, 1.54) is 5.56 Å². The molecule has 0 saturated carbocycles. The molecule has 0 spiro atoms. The minimum atomic E-state index is 0.762. The maximum Gasteiger partial charge on any atom is 0.177 e. The highest BCUT2D eigenvalue weighted by molar-refractivity contribution is 6.30. The Labute approximate surface area is 139 Å². The molecule has 114 valence electrons. The van der Waals surface area contributed by atoms with E-state index in [0.717, 1.165) is 40.6 Å². The Morgan fingerprint density at radius 1 is 0.957 bits per heavy atom. The lowest BCUT2D eigenvalue weighted by Crippen LogP contribution is -2.03. The van der Waals surface area contributed by atoms with Gasteiger partial charge in [-0.1, -0.05) is 35.9 Å². The number of aromatic nitrogens is 2. The van der Waals surface area contributed by atoms with Crippen molar-refractivity contribution in [3.63, 3.8) is 0 Å². The second-order valence-electron chi connectivity index (χ2n) is 5.43. The number of benzene rings is 2. The highest BCUT2D eigenvalue weighted by Gasteiger charge is 2.14. The van der Waals surface area contributed by atoms with Crippen LogP contribution < -0.4 is 0 Å². The number of nitrogens with zero attached hydrogens (tertiary/aromatic N) is 2. The number of hydrogen-bond donors (Lipinski definition) is 0. The zero-order valence-corrected chi connectivity index (χ0v) is 13.2. The average Bonchev–Trinajstić information content (AvgIpc) is 3.22. The third kappa shape index (κ3) is 2.76. The van der Waals surface area contributed by atoms with Crippen molar-refractivity contribution < 1.29 is 4.42 Å². The molecular formula is C19H15ClN2O. The van der Waals surface area contributed by atoms with Gasteiger partial charge in [0.25, 0.3) is 0 Å². The molecule has 0 unspecified atom stereocenters. The number of halogens is 1. The minimum Gasteiger partial charge on any atom is -0.461 e. The highest BCUT2D eigenvalue weighted by Crippen LogP contribution is 2.25. The van der Waals surface area contributed by atoms with Crippen LogP contribution in [0.25, 0.3) is 22.6 Å². The van der Waals surface area contributed by atoms with Crippen LogP contribution in [0.5, 0.6) is 0 Å². The maximum atomic E-state index is 5.95. The number of para-hydroxylation sites is 2. The van der Waals surface area contributed by atoms with Crippen LogP contribution >= 0.6 is 11.6 Å². The van der Waals surface area contributed by atoms with Crippen molar-refractivity contribution >= 4 is 22.6 Å². The van der Waals surface area contributed by atoms with Crippen molar-refractivity contribution in [1.82, 2.24) is 9.55 Å². The van der Waals surface area contributed by atoms with Crippen LogP contribution in [0.3, 0.4) is 0 Å². The summed E-state index contributed by atoms with van der Waals surface area (Å²) in [6.07, 6.45) is 2.59. The molecule has 4 aromatic rings. The Morgan fingerprint density at radius 2 is 1.78 bits per heavy atom. The van der Waals surface area contributed by atoms with Crippen molar-refractivity contribution in [2.75, 3.05) is 0 Å². The number of fused-ring (bicyclic) bond motifs is 1. The van der Waals surface area contributed by atoms with Gasteiger partial charge in [0.15, 0.2) is 11.6 Å². The molecule has 0 radical (unpaired) electrons. The first kappa shape index (κ1) is 14.1. The Balaban J connectivity index is 1.72. The normalized spacial score (nSPS) is 11.2. The lowest BCUT2D eigenvalue weighted by molar-refractivity contribution is 0.569. The van der Waals surface area contributed by atoms with Gasteiger partial charge in [-0.25, -0.2) is 4.98 Å². The van der Waals surface area contributed by atoms with Crippen molar-refractivity contribution in [3.8, 4) is 11.6 Å². The zero-order chi connectivity index (χ0) is 15.6. The Kier molecular flexibility index (Phi) is 3.64. The van der Waals surface area contributed by atoms with Crippen LogP contribution in [0.4, 0.5) is 0 Å². The van der Waals surface area contributed by atoms with Gasteiger partial charge < -0.3 is 8.98 Å². The molecule has 0 aliphatic rings. The third-order valence-electron chi connectivity index (χ3n) is 3.93. The summed E-state index contributed by atoms with van der Waals surface area (Å²) in [4.78, 5) is 4.73. The number of aryl methyl sites for hydroxylation is 2. The van der Waals surface area contributed by atoms with E-state index in [9.17, 15) is 0 Å². The van der Waals surface area contributed by atoms with E-state index in [4.69, 9.17) is 21.0 Å². The topological polar surface area (TPSA) is 31.0 Å². The number of rotatable bonds is 4. The van der Waals surface area contributed by atoms with Crippen LogP contribution in [0.15, 0.2) is 71.3 Å². The molecule has 0 saturated heterocycles. The quantitative estimate of drug-likeness (QED) is 0.517. The summed E-state index contributed by atoms with van der Waals surface area (Å²) in [5.74, 6) is 1.66. The molecule has 2 aromatic heterocycles. The largest absolute Gasteiger partial charge is 0.461 e. The van der Waals surface area contributed by atoms with Gasteiger partial charge in [-0.2, -0.15) is 0 Å². The fourth-order valence-corrected chi connectivity index (χ4v) is 2.91. The lowest BCUT2D eigenvalue weighted by Gasteiger charge is -2.08. The van der Waals surface area contributed by atoms with E-state index < -0.39 is 0 Å². The van der Waals surface area contributed by atoms with E-state index in [0.29, 0.717) is 0 Å². The van der Waals surface area contributed by atoms with Gasteiger partial charge in [-0.3, -0.25) is 0 Å². The summed E-state index contributed by atoms with van der Waals surface area (Å²) in [6.45, 7) is 0.832. The highest BCUT2D eigenvalue weighted by atomic mass is 35.5. The Bertz CT molecular complexity index is 924. The van der Waals surface area contributed by atoms with E-state index >= 15 is 0 Å². The third-order valence-corrected chi connectivity index (χ3v) is 4.19. The number of imidazole rings is 1. The standard InChI is InChI=1S/C19H15ClN2O/c20-15-9-7-14(8-10-15)11-12-22-17-5-2-1-4-16(17)21-19(22)18-6-3-13-23-18/h1-10,13H,11-12H2. The predicted molar refractivity (Wildman–Crippen MR) is 92.6 cm³/mol. The van der Waals surface area contributed by atoms with Crippen LogP contribution in [-0.2, 0) is 13.0 Å². The van der Waals surface area contributed by atoms with Gasteiger partial charge in [0, 0.05) is 11.6 Å². The molecule has 0 aliphatic carbocycles.